The molecule has 1 N–H and O–H groups in total. The topological polar surface area (TPSA) is 55.1 Å². The lowest BCUT2D eigenvalue weighted by Gasteiger charge is -2.18. The SMILES string of the molecule is CC(C)(CCCCn1ccc(C(F)(F)F)n1)C(=O)O. The van der Waals surface area contributed by atoms with Crippen LogP contribution in [0.25, 0.3) is 0 Å². The fourth-order valence-corrected chi connectivity index (χ4v) is 1.59. The van der Waals surface area contributed by atoms with Crippen molar-refractivity contribution in [2.75, 3.05) is 0 Å². The molecule has 0 spiro atoms. The molecule has 0 aromatic carbocycles. The van der Waals surface area contributed by atoms with Gasteiger partial charge in [-0.05, 0) is 32.8 Å². The second-order valence-corrected chi connectivity index (χ2v) is 5.11. The summed E-state index contributed by atoms with van der Waals surface area (Å²) < 4.78 is 38.1. The van der Waals surface area contributed by atoms with Crippen molar-refractivity contribution in [1.29, 1.82) is 0 Å². The summed E-state index contributed by atoms with van der Waals surface area (Å²) in [5.74, 6) is -0.869. The van der Waals surface area contributed by atoms with Gasteiger partial charge in [0, 0.05) is 12.7 Å². The number of hydrogen-bond donors (Lipinski definition) is 1. The Morgan fingerprint density at radius 3 is 2.47 bits per heavy atom. The molecule has 19 heavy (non-hydrogen) atoms. The molecule has 1 aromatic rings. The van der Waals surface area contributed by atoms with E-state index in [0.29, 0.717) is 25.8 Å². The van der Waals surface area contributed by atoms with Crippen molar-refractivity contribution in [3.05, 3.63) is 18.0 Å². The van der Waals surface area contributed by atoms with Crippen LogP contribution in [0, 0.1) is 5.41 Å². The molecule has 0 amide bonds. The molecule has 0 unspecified atom stereocenters. The Hall–Kier alpha value is -1.53. The molecule has 0 radical (unpaired) electrons. The van der Waals surface area contributed by atoms with E-state index in [1.54, 1.807) is 13.8 Å². The molecule has 0 aliphatic carbocycles. The van der Waals surface area contributed by atoms with Crippen molar-refractivity contribution in [3.8, 4) is 0 Å². The number of alkyl halides is 3. The van der Waals surface area contributed by atoms with Gasteiger partial charge in [-0.3, -0.25) is 9.48 Å². The average Bonchev–Trinajstić information content (AvgIpc) is 2.72. The second-order valence-electron chi connectivity index (χ2n) is 5.11. The molecule has 0 fully saturated rings. The van der Waals surface area contributed by atoms with Crippen molar-refractivity contribution < 1.29 is 23.1 Å². The Balaban J connectivity index is 2.38. The molecule has 0 saturated carbocycles. The summed E-state index contributed by atoms with van der Waals surface area (Å²) in [5, 5.41) is 12.3. The summed E-state index contributed by atoms with van der Waals surface area (Å²) in [6.45, 7) is 3.61. The number of halogens is 3. The minimum atomic E-state index is -4.42. The van der Waals surface area contributed by atoms with Crippen LogP contribution < -0.4 is 0 Å². The summed E-state index contributed by atoms with van der Waals surface area (Å²) in [6, 6.07) is 0.932. The van der Waals surface area contributed by atoms with E-state index in [1.165, 1.54) is 10.9 Å². The number of aromatic nitrogens is 2. The van der Waals surface area contributed by atoms with Gasteiger partial charge in [-0.1, -0.05) is 6.42 Å². The Kier molecular flexibility index (Phi) is 4.60. The van der Waals surface area contributed by atoms with E-state index < -0.39 is 23.3 Å². The van der Waals surface area contributed by atoms with Gasteiger partial charge in [-0.2, -0.15) is 18.3 Å². The number of unbranched alkanes of at least 4 members (excludes halogenated alkanes) is 1. The van der Waals surface area contributed by atoms with Gasteiger partial charge in [0.2, 0.25) is 0 Å². The lowest BCUT2D eigenvalue weighted by atomic mass is 9.87. The maximum Gasteiger partial charge on any atom is 0.435 e. The third-order valence-electron chi connectivity index (χ3n) is 2.95. The Morgan fingerprint density at radius 2 is 2.00 bits per heavy atom. The van der Waals surface area contributed by atoms with Gasteiger partial charge in [-0.15, -0.1) is 0 Å². The lowest BCUT2D eigenvalue weighted by Crippen LogP contribution is -2.23. The third-order valence-corrected chi connectivity index (χ3v) is 2.95. The van der Waals surface area contributed by atoms with Crippen LogP contribution in [0.2, 0.25) is 0 Å². The highest BCUT2D eigenvalue weighted by molar-refractivity contribution is 5.73. The summed E-state index contributed by atoms with van der Waals surface area (Å²) in [6.07, 6.45) is -1.44. The van der Waals surface area contributed by atoms with E-state index in [9.17, 15) is 18.0 Å². The van der Waals surface area contributed by atoms with E-state index in [-0.39, 0.29) is 0 Å². The number of aryl methyl sites for hydroxylation is 1. The standard InChI is InChI=1S/C12H17F3N2O2/c1-11(2,10(18)19)6-3-4-7-17-8-5-9(16-17)12(13,14)15/h5,8H,3-4,6-7H2,1-2H3,(H,18,19). The van der Waals surface area contributed by atoms with E-state index in [0.717, 1.165) is 6.07 Å². The normalized spacial score (nSPS) is 12.7. The van der Waals surface area contributed by atoms with Crippen molar-refractivity contribution in [3.63, 3.8) is 0 Å². The lowest BCUT2D eigenvalue weighted by molar-refractivity contribution is -0.147. The van der Waals surface area contributed by atoms with Crippen LogP contribution in [-0.4, -0.2) is 20.9 Å². The third kappa shape index (κ3) is 4.57. The average molecular weight is 278 g/mol. The minimum Gasteiger partial charge on any atom is -0.481 e. The van der Waals surface area contributed by atoms with Gasteiger partial charge < -0.3 is 5.11 Å². The van der Waals surface area contributed by atoms with Crippen LogP contribution in [0.5, 0.6) is 0 Å². The van der Waals surface area contributed by atoms with E-state index in [2.05, 4.69) is 5.10 Å². The Bertz CT molecular complexity index is 438. The van der Waals surface area contributed by atoms with E-state index >= 15 is 0 Å². The number of carboxylic acid groups (broad SMARTS) is 1. The molecule has 0 atom stereocenters. The second kappa shape index (κ2) is 5.63. The number of aliphatic carboxylic acids is 1. The van der Waals surface area contributed by atoms with Gasteiger partial charge in [-0.25, -0.2) is 0 Å². The minimum absolute atomic E-state index is 0.353. The van der Waals surface area contributed by atoms with Gasteiger partial charge in [0.25, 0.3) is 0 Å². The van der Waals surface area contributed by atoms with E-state index in [4.69, 9.17) is 5.11 Å². The summed E-state index contributed by atoms with van der Waals surface area (Å²) in [5.41, 5.74) is -1.71. The first-order valence-corrected chi connectivity index (χ1v) is 5.97. The molecule has 1 aromatic heterocycles. The fraction of sp³-hybridized carbons (Fsp3) is 0.667. The van der Waals surface area contributed by atoms with Crippen LogP contribution in [0.1, 0.15) is 38.8 Å². The molecular weight excluding hydrogens is 261 g/mol. The van der Waals surface area contributed by atoms with E-state index in [1.807, 2.05) is 0 Å². The number of nitrogens with zero attached hydrogens (tertiary/aromatic N) is 2. The van der Waals surface area contributed by atoms with Crippen LogP contribution in [0.3, 0.4) is 0 Å². The highest BCUT2D eigenvalue weighted by Crippen LogP contribution is 2.27. The zero-order valence-corrected chi connectivity index (χ0v) is 10.9. The summed E-state index contributed by atoms with van der Waals surface area (Å²) in [4.78, 5) is 10.9. The summed E-state index contributed by atoms with van der Waals surface area (Å²) >= 11 is 0. The molecular formula is C12H17F3N2O2. The predicted molar refractivity (Wildman–Crippen MR) is 62.5 cm³/mol. The Morgan fingerprint density at radius 1 is 1.37 bits per heavy atom. The Labute approximate surface area is 109 Å². The van der Waals surface area contributed by atoms with Crippen LogP contribution >= 0.6 is 0 Å². The number of hydrogen-bond acceptors (Lipinski definition) is 2. The first kappa shape index (κ1) is 15.5. The predicted octanol–water partition coefficient (Wildman–Crippen LogP) is 3.18. The first-order chi connectivity index (χ1) is 8.63. The molecule has 1 rings (SSSR count). The van der Waals surface area contributed by atoms with Crippen LogP contribution in [0.15, 0.2) is 12.3 Å². The largest absolute Gasteiger partial charge is 0.481 e. The van der Waals surface area contributed by atoms with Gasteiger partial charge in [0.05, 0.1) is 5.41 Å². The highest BCUT2D eigenvalue weighted by atomic mass is 19.4. The zero-order valence-electron chi connectivity index (χ0n) is 10.9. The zero-order chi connectivity index (χ0) is 14.7. The maximum atomic E-state index is 12.3. The fourth-order valence-electron chi connectivity index (χ4n) is 1.59. The van der Waals surface area contributed by atoms with Crippen molar-refractivity contribution >= 4 is 5.97 Å². The van der Waals surface area contributed by atoms with Crippen molar-refractivity contribution in [2.45, 2.75) is 45.8 Å². The van der Waals surface area contributed by atoms with Crippen LogP contribution in [-0.2, 0) is 17.5 Å². The summed E-state index contributed by atoms with van der Waals surface area (Å²) in [7, 11) is 0. The van der Waals surface area contributed by atoms with Crippen molar-refractivity contribution in [1.82, 2.24) is 9.78 Å². The molecule has 108 valence electrons. The number of carboxylic acids is 1. The maximum absolute atomic E-state index is 12.3. The molecule has 7 heteroatoms. The van der Waals surface area contributed by atoms with Gasteiger partial charge in [0.15, 0.2) is 5.69 Å². The monoisotopic (exact) mass is 278 g/mol. The first-order valence-electron chi connectivity index (χ1n) is 5.97. The van der Waals surface area contributed by atoms with Gasteiger partial charge in [0.1, 0.15) is 0 Å². The van der Waals surface area contributed by atoms with Gasteiger partial charge >= 0.3 is 12.1 Å². The molecule has 1 heterocycles. The highest BCUT2D eigenvalue weighted by Gasteiger charge is 2.33. The quantitative estimate of drug-likeness (QED) is 0.813. The molecule has 0 bridgehead atoms. The molecule has 0 aliphatic rings. The molecule has 0 aliphatic heterocycles. The van der Waals surface area contributed by atoms with Crippen molar-refractivity contribution in [2.24, 2.45) is 5.41 Å². The molecule has 0 saturated heterocycles. The van der Waals surface area contributed by atoms with Crippen LogP contribution in [0.4, 0.5) is 13.2 Å². The number of rotatable bonds is 6. The number of carbonyl (C=O) groups is 1. The smallest absolute Gasteiger partial charge is 0.435 e. The molecule has 4 nitrogen and oxygen atoms in total.